The summed E-state index contributed by atoms with van der Waals surface area (Å²) < 4.78 is 1.27. The number of hydrogen-bond donors (Lipinski definition) is 1. The number of anilines is 1. The highest BCUT2D eigenvalue weighted by Gasteiger charge is 2.11. The van der Waals surface area contributed by atoms with Crippen LogP contribution in [0, 0.1) is 0 Å². The summed E-state index contributed by atoms with van der Waals surface area (Å²) in [5.41, 5.74) is 2.06. The van der Waals surface area contributed by atoms with E-state index in [-0.39, 0.29) is 5.69 Å². The molecule has 17 heavy (non-hydrogen) atoms. The first kappa shape index (κ1) is 9.83. The largest absolute Gasteiger partial charge is 0.377 e. The van der Waals surface area contributed by atoms with Gasteiger partial charge in [-0.15, -0.1) is 0 Å². The van der Waals surface area contributed by atoms with Gasteiger partial charge in [0.05, 0.1) is 10.9 Å². The Labute approximate surface area is 96.5 Å². The molecule has 6 nitrogen and oxygen atoms in total. The van der Waals surface area contributed by atoms with Crippen molar-refractivity contribution in [2.75, 3.05) is 19.0 Å². The SMILES string of the molecule is CN(C)c1cccc2[nH]c(=O)n3ncnc3c12. The average molecular weight is 229 g/mol. The van der Waals surface area contributed by atoms with Crippen LogP contribution in [0.1, 0.15) is 0 Å². The van der Waals surface area contributed by atoms with Gasteiger partial charge in [0.25, 0.3) is 0 Å². The molecule has 0 spiro atoms. The van der Waals surface area contributed by atoms with E-state index in [1.165, 1.54) is 10.8 Å². The van der Waals surface area contributed by atoms with Crippen molar-refractivity contribution in [3.8, 4) is 0 Å². The fourth-order valence-electron chi connectivity index (χ4n) is 1.98. The van der Waals surface area contributed by atoms with Crippen LogP contribution in [0.2, 0.25) is 0 Å². The summed E-state index contributed by atoms with van der Waals surface area (Å²) in [6.45, 7) is 0. The fraction of sp³-hybridized carbons (Fsp3) is 0.182. The second kappa shape index (κ2) is 3.31. The summed E-state index contributed by atoms with van der Waals surface area (Å²) in [4.78, 5) is 20.7. The Hall–Kier alpha value is -2.37. The molecule has 0 unspecified atom stereocenters. The molecule has 1 aromatic carbocycles. The van der Waals surface area contributed by atoms with Gasteiger partial charge in [-0.25, -0.2) is 9.78 Å². The minimum atomic E-state index is -0.277. The van der Waals surface area contributed by atoms with Gasteiger partial charge >= 0.3 is 5.69 Å². The molecule has 86 valence electrons. The second-order valence-corrected chi connectivity index (χ2v) is 4.02. The van der Waals surface area contributed by atoms with Crippen LogP contribution in [0.25, 0.3) is 16.6 Å². The smallest absolute Gasteiger partial charge is 0.348 e. The topological polar surface area (TPSA) is 66.3 Å². The lowest BCUT2D eigenvalue weighted by atomic mass is 10.2. The van der Waals surface area contributed by atoms with Crippen LogP contribution in [-0.4, -0.2) is 33.7 Å². The van der Waals surface area contributed by atoms with Crippen LogP contribution in [0.4, 0.5) is 5.69 Å². The van der Waals surface area contributed by atoms with Crippen LogP contribution in [0.3, 0.4) is 0 Å². The third-order valence-electron chi connectivity index (χ3n) is 2.73. The summed E-state index contributed by atoms with van der Waals surface area (Å²) in [6, 6.07) is 5.74. The van der Waals surface area contributed by atoms with Crippen molar-refractivity contribution >= 4 is 22.2 Å². The molecule has 0 fully saturated rings. The molecule has 0 saturated carbocycles. The number of nitrogens with one attached hydrogen (secondary N) is 1. The maximum Gasteiger partial charge on any atom is 0.348 e. The first-order chi connectivity index (χ1) is 8.18. The Balaban J connectivity index is 2.62. The van der Waals surface area contributed by atoms with E-state index in [0.29, 0.717) is 5.65 Å². The van der Waals surface area contributed by atoms with Crippen LogP contribution in [0.5, 0.6) is 0 Å². The fourth-order valence-corrected chi connectivity index (χ4v) is 1.98. The number of aromatic nitrogens is 4. The van der Waals surface area contributed by atoms with Gasteiger partial charge in [0.1, 0.15) is 6.33 Å². The van der Waals surface area contributed by atoms with Gasteiger partial charge in [-0.05, 0) is 12.1 Å². The monoisotopic (exact) mass is 229 g/mol. The Bertz CT molecular complexity index is 755. The molecule has 0 amide bonds. The second-order valence-electron chi connectivity index (χ2n) is 4.02. The number of fused-ring (bicyclic) bond motifs is 3. The van der Waals surface area contributed by atoms with E-state index in [1.807, 2.05) is 37.2 Å². The Morgan fingerprint density at radius 3 is 2.94 bits per heavy atom. The number of nitrogens with zero attached hydrogens (tertiary/aromatic N) is 4. The highest BCUT2D eigenvalue weighted by atomic mass is 16.1. The molecule has 0 aliphatic carbocycles. The van der Waals surface area contributed by atoms with Crippen LogP contribution in [0.15, 0.2) is 29.3 Å². The highest BCUT2D eigenvalue weighted by Crippen LogP contribution is 2.25. The predicted molar refractivity (Wildman–Crippen MR) is 65.4 cm³/mol. The average Bonchev–Trinajstić information content (AvgIpc) is 2.77. The van der Waals surface area contributed by atoms with Crippen molar-refractivity contribution in [2.24, 2.45) is 0 Å². The lowest BCUT2D eigenvalue weighted by molar-refractivity contribution is 0.881. The van der Waals surface area contributed by atoms with E-state index in [0.717, 1.165) is 16.6 Å². The normalized spacial score (nSPS) is 11.2. The van der Waals surface area contributed by atoms with Crippen LogP contribution < -0.4 is 10.6 Å². The zero-order chi connectivity index (χ0) is 12.0. The van der Waals surface area contributed by atoms with E-state index >= 15 is 0 Å². The standard InChI is InChI=1S/C11H11N5O/c1-15(2)8-5-3-4-7-9(8)10-12-6-13-16(10)11(17)14-7/h3-6H,1-2H3,(H,14,17). The minimum absolute atomic E-state index is 0.277. The molecule has 2 aromatic heterocycles. The molecule has 0 saturated heterocycles. The number of aromatic amines is 1. The van der Waals surface area contributed by atoms with Crippen molar-refractivity contribution in [3.05, 3.63) is 35.0 Å². The van der Waals surface area contributed by atoms with Crippen molar-refractivity contribution in [3.63, 3.8) is 0 Å². The molecule has 3 rings (SSSR count). The first-order valence-electron chi connectivity index (χ1n) is 5.20. The van der Waals surface area contributed by atoms with Gasteiger partial charge in [-0.2, -0.15) is 9.61 Å². The van der Waals surface area contributed by atoms with E-state index < -0.39 is 0 Å². The Kier molecular flexibility index (Phi) is 1.91. The van der Waals surface area contributed by atoms with Crippen molar-refractivity contribution in [1.29, 1.82) is 0 Å². The molecule has 0 radical (unpaired) electrons. The molecule has 1 N–H and O–H groups in total. The molecule has 6 heteroatoms. The maximum atomic E-state index is 11.7. The van der Waals surface area contributed by atoms with Gasteiger partial charge in [0, 0.05) is 19.8 Å². The summed E-state index contributed by atoms with van der Waals surface area (Å²) in [5, 5.41) is 4.81. The van der Waals surface area contributed by atoms with Crippen LogP contribution >= 0.6 is 0 Å². The van der Waals surface area contributed by atoms with Gasteiger partial charge in [-0.1, -0.05) is 6.07 Å². The van der Waals surface area contributed by atoms with Gasteiger partial charge < -0.3 is 9.88 Å². The van der Waals surface area contributed by atoms with Crippen LogP contribution in [-0.2, 0) is 0 Å². The zero-order valence-electron chi connectivity index (χ0n) is 9.51. The summed E-state index contributed by atoms with van der Waals surface area (Å²) in [5.74, 6) is 0. The molecule has 0 aliphatic heterocycles. The Morgan fingerprint density at radius 1 is 1.35 bits per heavy atom. The van der Waals surface area contributed by atoms with Gasteiger partial charge in [0.2, 0.25) is 0 Å². The van der Waals surface area contributed by atoms with Crippen molar-refractivity contribution < 1.29 is 0 Å². The van der Waals surface area contributed by atoms with E-state index in [1.54, 1.807) is 0 Å². The van der Waals surface area contributed by atoms with E-state index in [2.05, 4.69) is 15.1 Å². The van der Waals surface area contributed by atoms with Gasteiger partial charge in [0.15, 0.2) is 5.65 Å². The summed E-state index contributed by atoms with van der Waals surface area (Å²) in [7, 11) is 3.90. The Morgan fingerprint density at radius 2 is 2.18 bits per heavy atom. The summed E-state index contributed by atoms with van der Waals surface area (Å²) in [6.07, 6.45) is 1.39. The number of rotatable bonds is 1. The molecule has 0 atom stereocenters. The predicted octanol–water partition coefficient (Wildman–Crippen LogP) is 0.637. The third kappa shape index (κ3) is 1.30. The third-order valence-corrected chi connectivity index (χ3v) is 2.73. The van der Waals surface area contributed by atoms with E-state index in [4.69, 9.17) is 0 Å². The van der Waals surface area contributed by atoms with E-state index in [9.17, 15) is 4.79 Å². The lowest BCUT2D eigenvalue weighted by Crippen LogP contribution is -2.18. The molecule has 3 aromatic rings. The zero-order valence-corrected chi connectivity index (χ0v) is 9.51. The molecule has 0 bridgehead atoms. The highest BCUT2D eigenvalue weighted by molar-refractivity contribution is 6.01. The molecular formula is C11H11N5O. The molecular weight excluding hydrogens is 218 g/mol. The first-order valence-corrected chi connectivity index (χ1v) is 5.20. The summed E-state index contributed by atoms with van der Waals surface area (Å²) >= 11 is 0. The maximum absolute atomic E-state index is 11.7. The number of hydrogen-bond acceptors (Lipinski definition) is 4. The van der Waals surface area contributed by atoms with Crippen molar-refractivity contribution in [2.45, 2.75) is 0 Å². The number of H-pyrrole nitrogens is 1. The quantitative estimate of drug-likeness (QED) is 0.665. The molecule has 2 heterocycles. The lowest BCUT2D eigenvalue weighted by Gasteiger charge is -2.15. The molecule has 0 aliphatic rings. The van der Waals surface area contributed by atoms with Crippen molar-refractivity contribution in [1.82, 2.24) is 19.6 Å². The minimum Gasteiger partial charge on any atom is -0.377 e. The number of benzene rings is 1. The van der Waals surface area contributed by atoms with Gasteiger partial charge in [-0.3, -0.25) is 0 Å².